The fraction of sp³-hybridized carbons (Fsp3) is 0.636. The average Bonchev–Trinajstić information content (AvgIpc) is 2.08. The minimum absolute atomic E-state index is 0.413. The summed E-state index contributed by atoms with van der Waals surface area (Å²) in [4.78, 5) is 4.91. The highest BCUT2D eigenvalue weighted by atomic mass is 16.6. The van der Waals surface area contributed by atoms with Gasteiger partial charge < -0.3 is 0 Å². The van der Waals surface area contributed by atoms with E-state index in [9.17, 15) is 0 Å². The van der Waals surface area contributed by atoms with E-state index in [1.165, 1.54) is 12.0 Å². The molecule has 2 bridgehead atoms. The van der Waals surface area contributed by atoms with E-state index in [0.29, 0.717) is 17.3 Å². The van der Waals surface area contributed by atoms with Crippen LogP contribution < -0.4 is 5.48 Å². The lowest BCUT2D eigenvalue weighted by Gasteiger charge is -2.55. The number of hydrogen-bond acceptors (Lipinski definition) is 2. The van der Waals surface area contributed by atoms with Crippen molar-refractivity contribution in [2.24, 2.45) is 17.3 Å². The van der Waals surface area contributed by atoms with Gasteiger partial charge >= 0.3 is 0 Å². The highest BCUT2D eigenvalue weighted by Gasteiger charge is 2.51. The van der Waals surface area contributed by atoms with Gasteiger partial charge in [-0.15, -0.1) is 0 Å². The molecule has 0 radical (unpaired) electrons. The van der Waals surface area contributed by atoms with Gasteiger partial charge in [-0.1, -0.05) is 26.5 Å². The molecule has 0 aliphatic heterocycles. The molecule has 2 atom stereocenters. The van der Waals surface area contributed by atoms with Crippen LogP contribution in [0.4, 0.5) is 0 Å². The second-order valence-electron chi connectivity index (χ2n) is 4.63. The van der Waals surface area contributed by atoms with Crippen molar-refractivity contribution in [3.63, 3.8) is 0 Å². The highest BCUT2D eigenvalue weighted by Crippen LogP contribution is 2.59. The lowest BCUT2D eigenvalue weighted by Crippen LogP contribution is -2.49. The Kier molecular flexibility index (Phi) is 1.77. The van der Waals surface area contributed by atoms with Crippen LogP contribution in [0.5, 0.6) is 0 Å². The van der Waals surface area contributed by atoms with Gasteiger partial charge in [0, 0.05) is 0 Å². The smallest absolute Gasteiger partial charge is 0.0636 e. The van der Waals surface area contributed by atoms with E-state index < -0.39 is 0 Å². The summed E-state index contributed by atoms with van der Waals surface area (Å²) in [6.07, 6.45) is 3.52. The average molecular weight is 179 g/mol. The number of hydroxylamine groups is 1. The molecular weight excluding hydrogens is 162 g/mol. The van der Waals surface area contributed by atoms with E-state index >= 15 is 0 Å². The fourth-order valence-corrected chi connectivity index (χ4v) is 2.54. The van der Waals surface area contributed by atoms with Crippen LogP contribution in [0.15, 0.2) is 23.9 Å². The Bertz CT molecular complexity index is 278. The third-order valence-corrected chi connectivity index (χ3v) is 3.69. The molecule has 2 nitrogen and oxygen atoms in total. The number of hydrogen-bond donors (Lipinski definition) is 1. The summed E-state index contributed by atoms with van der Waals surface area (Å²) in [5, 5.41) is 0. The molecule has 0 amide bonds. The SMILES string of the molecule is C=C1C(NOC)=C[C@H]2C[C@H]1C2(C)C. The first-order valence-electron chi connectivity index (χ1n) is 4.77. The Morgan fingerprint density at radius 1 is 1.62 bits per heavy atom. The van der Waals surface area contributed by atoms with Crippen molar-refractivity contribution < 1.29 is 4.84 Å². The van der Waals surface area contributed by atoms with Crippen LogP contribution >= 0.6 is 0 Å². The predicted octanol–water partition coefficient (Wildman–Crippen LogP) is 2.25. The number of rotatable bonds is 2. The normalized spacial score (nSPS) is 35.0. The second kappa shape index (κ2) is 2.61. The molecule has 1 N–H and O–H groups in total. The minimum atomic E-state index is 0.413. The number of nitrogens with one attached hydrogen (secondary N) is 1. The summed E-state index contributed by atoms with van der Waals surface area (Å²) >= 11 is 0. The first-order chi connectivity index (χ1) is 6.07. The molecule has 0 unspecified atom stereocenters. The van der Waals surface area contributed by atoms with Crippen molar-refractivity contribution in [1.82, 2.24) is 5.48 Å². The summed E-state index contributed by atoms with van der Waals surface area (Å²) < 4.78 is 0. The Labute approximate surface area is 79.6 Å². The zero-order valence-corrected chi connectivity index (χ0v) is 8.55. The van der Waals surface area contributed by atoms with Crippen LogP contribution in [0.3, 0.4) is 0 Å². The van der Waals surface area contributed by atoms with Gasteiger partial charge in [-0.25, -0.2) is 0 Å². The third-order valence-electron chi connectivity index (χ3n) is 3.69. The van der Waals surface area contributed by atoms with Gasteiger partial charge in [0.15, 0.2) is 0 Å². The summed E-state index contributed by atoms with van der Waals surface area (Å²) in [6.45, 7) is 8.75. The molecule has 0 aromatic carbocycles. The quantitative estimate of drug-likeness (QED) is 0.656. The molecule has 0 aromatic heterocycles. The van der Waals surface area contributed by atoms with E-state index in [1.54, 1.807) is 7.11 Å². The van der Waals surface area contributed by atoms with Crippen LogP contribution in [0.25, 0.3) is 0 Å². The summed E-state index contributed by atoms with van der Waals surface area (Å²) in [5.74, 6) is 1.33. The van der Waals surface area contributed by atoms with Crippen LogP contribution in [-0.2, 0) is 4.84 Å². The third kappa shape index (κ3) is 1.05. The molecule has 0 spiro atoms. The zero-order valence-electron chi connectivity index (χ0n) is 8.55. The Balaban J connectivity index is 2.23. The largest absolute Gasteiger partial charge is 0.279 e. The van der Waals surface area contributed by atoms with Gasteiger partial charge in [0.2, 0.25) is 0 Å². The van der Waals surface area contributed by atoms with Crippen LogP contribution in [-0.4, -0.2) is 7.11 Å². The maximum atomic E-state index is 4.91. The van der Waals surface area contributed by atoms with Gasteiger partial charge in [0.25, 0.3) is 0 Å². The molecular formula is C11H17NO. The van der Waals surface area contributed by atoms with Crippen molar-refractivity contribution in [2.75, 3.05) is 7.11 Å². The van der Waals surface area contributed by atoms with Gasteiger partial charge in [-0.2, -0.15) is 0 Å². The molecule has 3 aliphatic carbocycles. The van der Waals surface area contributed by atoms with Crippen molar-refractivity contribution in [3.8, 4) is 0 Å². The predicted molar refractivity (Wildman–Crippen MR) is 52.7 cm³/mol. The lowest BCUT2D eigenvalue weighted by molar-refractivity contribution is 0.0199. The van der Waals surface area contributed by atoms with Crippen LogP contribution in [0, 0.1) is 17.3 Å². The summed E-state index contributed by atoms with van der Waals surface area (Å²) in [5.41, 5.74) is 5.60. The highest BCUT2D eigenvalue weighted by molar-refractivity contribution is 5.39. The van der Waals surface area contributed by atoms with Crippen molar-refractivity contribution >= 4 is 0 Å². The molecule has 0 heterocycles. The van der Waals surface area contributed by atoms with Crippen LogP contribution in [0.2, 0.25) is 0 Å². The number of allylic oxidation sites excluding steroid dienone is 2. The van der Waals surface area contributed by atoms with Crippen LogP contribution in [0.1, 0.15) is 20.3 Å². The standard InChI is InChI=1S/C11H17NO/c1-7-9-5-8(11(9,2)3)6-10(7)12-13-4/h6,8-9,12H,1,5H2,2-4H3/t8-,9-/m1/s1. The molecule has 72 valence electrons. The van der Waals surface area contributed by atoms with Gasteiger partial charge in [-0.3, -0.25) is 10.3 Å². The molecule has 0 aromatic rings. The fourth-order valence-electron chi connectivity index (χ4n) is 2.54. The van der Waals surface area contributed by atoms with Gasteiger partial charge in [0.1, 0.15) is 0 Å². The molecule has 1 saturated carbocycles. The molecule has 0 saturated heterocycles. The van der Waals surface area contributed by atoms with Crippen molar-refractivity contribution in [3.05, 3.63) is 23.9 Å². The topological polar surface area (TPSA) is 21.3 Å². The van der Waals surface area contributed by atoms with E-state index in [2.05, 4.69) is 32.0 Å². The lowest BCUT2D eigenvalue weighted by atomic mass is 9.49. The Hall–Kier alpha value is -0.760. The van der Waals surface area contributed by atoms with E-state index in [-0.39, 0.29) is 0 Å². The van der Waals surface area contributed by atoms with E-state index in [0.717, 1.165) is 5.70 Å². The molecule has 13 heavy (non-hydrogen) atoms. The Morgan fingerprint density at radius 2 is 2.31 bits per heavy atom. The molecule has 3 rings (SSSR count). The Morgan fingerprint density at radius 3 is 2.77 bits per heavy atom. The molecule has 3 aliphatic rings. The molecule has 1 fully saturated rings. The van der Waals surface area contributed by atoms with Gasteiger partial charge in [-0.05, 0) is 29.2 Å². The summed E-state index contributed by atoms with van der Waals surface area (Å²) in [6, 6.07) is 0. The first kappa shape index (κ1) is 8.82. The van der Waals surface area contributed by atoms with E-state index in [1.807, 2.05) is 0 Å². The maximum absolute atomic E-state index is 4.91. The first-order valence-corrected chi connectivity index (χ1v) is 4.77. The molecule has 2 heteroatoms. The second-order valence-corrected chi connectivity index (χ2v) is 4.63. The number of fused-ring (bicyclic) bond motifs is 1. The van der Waals surface area contributed by atoms with Crippen molar-refractivity contribution in [1.29, 1.82) is 0 Å². The maximum Gasteiger partial charge on any atom is 0.0636 e. The monoisotopic (exact) mass is 179 g/mol. The zero-order chi connectivity index (χ0) is 9.64. The van der Waals surface area contributed by atoms with Crippen molar-refractivity contribution in [2.45, 2.75) is 20.3 Å². The van der Waals surface area contributed by atoms with E-state index in [4.69, 9.17) is 4.84 Å². The summed E-state index contributed by atoms with van der Waals surface area (Å²) in [7, 11) is 1.64. The minimum Gasteiger partial charge on any atom is -0.279 e. The van der Waals surface area contributed by atoms with Gasteiger partial charge in [0.05, 0.1) is 12.8 Å².